The Morgan fingerprint density at radius 2 is 1.62 bits per heavy atom. The maximum atomic E-state index is 13.2. The summed E-state index contributed by atoms with van der Waals surface area (Å²) in [6, 6.07) is 7.42. The molecule has 1 saturated carbocycles. The monoisotopic (exact) mass is 476 g/mol. The van der Waals surface area contributed by atoms with Crippen LogP contribution in [0.25, 0.3) is 22.2 Å². The van der Waals surface area contributed by atoms with Gasteiger partial charge in [0, 0.05) is 18.7 Å². The van der Waals surface area contributed by atoms with E-state index in [0.717, 1.165) is 0 Å². The molecule has 0 saturated heterocycles. The number of aryl methyl sites for hydroxylation is 3. The van der Waals surface area contributed by atoms with E-state index in [1.807, 2.05) is 0 Å². The average Bonchev–Trinajstić information content (AvgIpc) is 3.56. The summed E-state index contributed by atoms with van der Waals surface area (Å²) >= 11 is 0. The van der Waals surface area contributed by atoms with Crippen LogP contribution in [0, 0.1) is 12.8 Å². The molecule has 0 amide bonds. The van der Waals surface area contributed by atoms with Gasteiger partial charge in [-0.3, -0.25) is 14.4 Å². The smallest absolute Gasteiger partial charge is 0.481 e. The molecule has 0 spiro atoms. The van der Waals surface area contributed by atoms with E-state index in [9.17, 15) is 32.7 Å². The van der Waals surface area contributed by atoms with Gasteiger partial charge in [-0.05, 0) is 74.1 Å². The summed E-state index contributed by atoms with van der Waals surface area (Å²) in [5.74, 6) is -2.26. The van der Waals surface area contributed by atoms with Crippen LogP contribution in [0.5, 0.6) is 5.75 Å². The lowest BCUT2D eigenvalue weighted by atomic mass is 9.95. The van der Waals surface area contributed by atoms with Gasteiger partial charge < -0.3 is 19.0 Å². The van der Waals surface area contributed by atoms with Crippen molar-refractivity contribution in [2.45, 2.75) is 52.6 Å². The van der Waals surface area contributed by atoms with E-state index in [0.29, 0.717) is 34.1 Å². The SMILES string of the molecule is CCn1c(=O)c(=O)n(CC)c2cc(-c3cc(C4C[C@H]4C(=O)O)ccc3OC(F)(F)F)c(C)cc21. The topological polar surface area (TPSA) is 90.5 Å². The van der Waals surface area contributed by atoms with Crippen LogP contribution in [0.4, 0.5) is 13.2 Å². The summed E-state index contributed by atoms with van der Waals surface area (Å²) in [7, 11) is 0. The molecule has 4 rings (SSSR count). The first-order valence-electron chi connectivity index (χ1n) is 10.9. The van der Waals surface area contributed by atoms with Crippen molar-refractivity contribution < 1.29 is 27.8 Å². The van der Waals surface area contributed by atoms with Gasteiger partial charge in [-0.15, -0.1) is 13.2 Å². The van der Waals surface area contributed by atoms with E-state index >= 15 is 0 Å². The molecule has 1 N–H and O–H groups in total. The third kappa shape index (κ3) is 4.08. The van der Waals surface area contributed by atoms with Crippen LogP contribution >= 0.6 is 0 Å². The second-order valence-electron chi connectivity index (χ2n) is 8.34. The quantitative estimate of drug-likeness (QED) is 0.537. The summed E-state index contributed by atoms with van der Waals surface area (Å²) in [6.07, 6.45) is -4.53. The number of carboxylic acid groups (broad SMARTS) is 1. The fraction of sp³-hybridized carbons (Fsp3) is 0.375. The fourth-order valence-electron chi connectivity index (χ4n) is 4.52. The summed E-state index contributed by atoms with van der Waals surface area (Å²) in [5, 5.41) is 9.26. The van der Waals surface area contributed by atoms with Gasteiger partial charge in [0.15, 0.2) is 0 Å². The van der Waals surface area contributed by atoms with Crippen molar-refractivity contribution in [3.8, 4) is 16.9 Å². The van der Waals surface area contributed by atoms with E-state index in [4.69, 9.17) is 0 Å². The van der Waals surface area contributed by atoms with E-state index in [1.54, 1.807) is 32.9 Å². The normalized spacial score (nSPS) is 17.7. The summed E-state index contributed by atoms with van der Waals surface area (Å²) in [4.78, 5) is 36.5. The summed E-state index contributed by atoms with van der Waals surface area (Å²) in [5.41, 5.74) is 1.23. The Kier molecular flexibility index (Phi) is 5.79. The van der Waals surface area contributed by atoms with E-state index in [2.05, 4.69) is 4.74 Å². The number of halogens is 3. The zero-order valence-corrected chi connectivity index (χ0v) is 18.8. The van der Waals surface area contributed by atoms with E-state index in [-0.39, 0.29) is 24.6 Å². The Morgan fingerprint density at radius 1 is 1.03 bits per heavy atom. The molecule has 2 atom stereocenters. The van der Waals surface area contributed by atoms with Crippen LogP contribution in [-0.4, -0.2) is 26.6 Å². The van der Waals surface area contributed by atoms with Gasteiger partial charge in [-0.1, -0.05) is 6.07 Å². The highest BCUT2D eigenvalue weighted by Gasteiger charge is 2.44. The van der Waals surface area contributed by atoms with Crippen molar-refractivity contribution in [2.75, 3.05) is 0 Å². The second kappa shape index (κ2) is 8.34. The number of aliphatic carboxylic acids is 1. The predicted octanol–water partition coefficient (Wildman–Crippen LogP) is 4.27. The Morgan fingerprint density at radius 3 is 2.12 bits per heavy atom. The van der Waals surface area contributed by atoms with Crippen LogP contribution in [0.2, 0.25) is 0 Å². The molecule has 1 aliphatic rings. The molecule has 34 heavy (non-hydrogen) atoms. The number of fused-ring (bicyclic) bond motifs is 1. The van der Waals surface area contributed by atoms with Gasteiger partial charge in [0.25, 0.3) is 0 Å². The predicted molar refractivity (Wildman–Crippen MR) is 119 cm³/mol. The van der Waals surface area contributed by atoms with Crippen molar-refractivity contribution in [3.05, 3.63) is 62.2 Å². The molecule has 7 nitrogen and oxygen atoms in total. The first kappa shape index (κ1) is 23.6. The van der Waals surface area contributed by atoms with Crippen molar-refractivity contribution >= 4 is 17.0 Å². The van der Waals surface area contributed by atoms with E-state index < -0.39 is 35.1 Å². The third-order valence-corrected chi connectivity index (χ3v) is 6.26. The maximum Gasteiger partial charge on any atom is 0.573 e. The molecule has 10 heteroatoms. The number of hydrogen-bond acceptors (Lipinski definition) is 4. The van der Waals surface area contributed by atoms with Gasteiger partial charge in [0.05, 0.1) is 17.0 Å². The van der Waals surface area contributed by atoms with Crippen LogP contribution < -0.4 is 15.9 Å². The zero-order valence-electron chi connectivity index (χ0n) is 18.8. The second-order valence-corrected chi connectivity index (χ2v) is 8.34. The average molecular weight is 476 g/mol. The first-order valence-corrected chi connectivity index (χ1v) is 10.9. The lowest BCUT2D eigenvalue weighted by molar-refractivity contribution is -0.274. The molecule has 180 valence electrons. The van der Waals surface area contributed by atoms with Crippen molar-refractivity contribution in [1.82, 2.24) is 9.13 Å². The Hall–Kier alpha value is -3.56. The largest absolute Gasteiger partial charge is 0.573 e. The molecular weight excluding hydrogens is 453 g/mol. The number of alkyl halides is 3. The number of ether oxygens (including phenoxy) is 1. The Labute approximate surface area is 192 Å². The molecule has 0 bridgehead atoms. The zero-order chi connectivity index (χ0) is 24.9. The Balaban J connectivity index is 1.99. The Bertz CT molecular complexity index is 1420. The molecule has 1 heterocycles. The molecule has 1 aromatic heterocycles. The number of nitrogens with zero attached hydrogens (tertiary/aromatic N) is 2. The molecule has 1 aliphatic carbocycles. The van der Waals surface area contributed by atoms with Crippen LogP contribution in [0.1, 0.15) is 37.3 Å². The summed E-state index contributed by atoms with van der Waals surface area (Å²) < 4.78 is 46.4. The number of benzene rings is 2. The van der Waals surface area contributed by atoms with Gasteiger partial charge >= 0.3 is 23.5 Å². The van der Waals surface area contributed by atoms with Gasteiger partial charge in [-0.2, -0.15) is 0 Å². The highest BCUT2D eigenvalue weighted by Crippen LogP contribution is 2.49. The first-order chi connectivity index (χ1) is 16.0. The van der Waals surface area contributed by atoms with Crippen molar-refractivity contribution in [2.24, 2.45) is 5.92 Å². The minimum absolute atomic E-state index is 0.134. The number of aromatic nitrogens is 2. The van der Waals surface area contributed by atoms with E-state index in [1.165, 1.54) is 27.3 Å². The third-order valence-electron chi connectivity index (χ3n) is 6.26. The number of carbonyl (C=O) groups is 1. The fourth-order valence-corrected chi connectivity index (χ4v) is 4.52. The molecule has 1 unspecified atom stereocenters. The molecule has 2 aromatic carbocycles. The van der Waals surface area contributed by atoms with Gasteiger partial charge in [0.2, 0.25) is 0 Å². The molecule has 1 fully saturated rings. The minimum atomic E-state index is -4.93. The van der Waals surface area contributed by atoms with Crippen LogP contribution in [0.15, 0.2) is 39.9 Å². The highest BCUT2D eigenvalue weighted by atomic mass is 19.4. The molecular formula is C24H23F3N2O5. The highest BCUT2D eigenvalue weighted by molar-refractivity contribution is 5.86. The van der Waals surface area contributed by atoms with Crippen LogP contribution in [0.3, 0.4) is 0 Å². The number of carboxylic acids is 1. The molecule has 3 aromatic rings. The number of hydrogen-bond donors (Lipinski definition) is 1. The standard InChI is InChI=1S/C24H23F3N2O5/c1-4-28-18-8-12(3)14(11-19(18)29(5-2)22(31)21(28)30)16-9-13(15-10-17(15)23(32)33)6-7-20(16)34-24(25,26)27/h6-9,11,15,17H,4-5,10H2,1-3H3,(H,32,33)/t15?,17-/m1/s1. The van der Waals surface area contributed by atoms with Gasteiger partial charge in [0.1, 0.15) is 5.75 Å². The lowest BCUT2D eigenvalue weighted by Crippen LogP contribution is -2.41. The van der Waals surface area contributed by atoms with Crippen molar-refractivity contribution in [3.63, 3.8) is 0 Å². The van der Waals surface area contributed by atoms with Crippen LogP contribution in [-0.2, 0) is 17.9 Å². The number of rotatable bonds is 6. The molecule has 0 radical (unpaired) electrons. The molecule has 0 aliphatic heterocycles. The lowest BCUT2D eigenvalue weighted by Gasteiger charge is -2.19. The summed E-state index contributed by atoms with van der Waals surface area (Å²) in [6.45, 7) is 5.58. The maximum absolute atomic E-state index is 13.2. The minimum Gasteiger partial charge on any atom is -0.481 e. The van der Waals surface area contributed by atoms with Crippen molar-refractivity contribution in [1.29, 1.82) is 0 Å². The van der Waals surface area contributed by atoms with Gasteiger partial charge in [-0.25, -0.2) is 0 Å².